The monoisotopic (exact) mass is 289 g/mol. The summed E-state index contributed by atoms with van der Waals surface area (Å²) in [6.45, 7) is 2.54. The molecule has 1 aromatic heterocycles. The second-order valence-electron chi connectivity index (χ2n) is 3.88. The Morgan fingerprint density at radius 1 is 1.67 bits per heavy atom. The minimum absolute atomic E-state index is 0.113. The molecule has 2 N–H and O–H groups in total. The van der Waals surface area contributed by atoms with E-state index in [9.17, 15) is 4.79 Å². The van der Waals surface area contributed by atoms with E-state index in [0.29, 0.717) is 18.1 Å². The third kappa shape index (κ3) is 4.44. The Balaban J connectivity index is 2.66. The van der Waals surface area contributed by atoms with Crippen LogP contribution in [0.1, 0.15) is 23.8 Å². The third-order valence-electron chi connectivity index (χ3n) is 2.35. The lowest BCUT2D eigenvalue weighted by Gasteiger charge is -2.11. The molecule has 7 heteroatoms. The minimum atomic E-state index is -0.317. The first-order chi connectivity index (χ1) is 8.58. The zero-order chi connectivity index (χ0) is 13.5. The molecule has 1 aromatic rings. The Morgan fingerprint density at radius 3 is 3.00 bits per heavy atom. The molecule has 0 aromatic carbocycles. The number of carbonyl (C=O) groups excluding carboxylic acids is 1. The number of hydrogen-bond acceptors (Lipinski definition) is 5. The lowest BCUT2D eigenvalue weighted by Crippen LogP contribution is -2.29. The fraction of sp³-hybridized carbons (Fsp3) is 0.545. The van der Waals surface area contributed by atoms with Crippen LogP contribution in [0.25, 0.3) is 0 Å². The average Bonchev–Trinajstić information content (AvgIpc) is 2.37. The van der Waals surface area contributed by atoms with E-state index in [1.54, 1.807) is 0 Å². The van der Waals surface area contributed by atoms with Crippen molar-refractivity contribution in [3.05, 3.63) is 16.9 Å². The van der Waals surface area contributed by atoms with Crippen LogP contribution in [0.15, 0.2) is 11.4 Å². The van der Waals surface area contributed by atoms with Crippen LogP contribution in [0.5, 0.6) is 0 Å². The summed E-state index contributed by atoms with van der Waals surface area (Å²) < 4.78 is 0. The normalized spacial score (nSPS) is 12.2. The van der Waals surface area contributed by atoms with Gasteiger partial charge in [0, 0.05) is 13.2 Å². The van der Waals surface area contributed by atoms with Crippen LogP contribution >= 0.6 is 23.4 Å². The van der Waals surface area contributed by atoms with Gasteiger partial charge in [-0.05, 0) is 18.6 Å². The second-order valence-corrected chi connectivity index (χ2v) is 5.06. The minimum Gasteiger partial charge on any atom is -0.396 e. The zero-order valence-electron chi connectivity index (χ0n) is 10.3. The standard InChI is InChI=1S/C11H16ClN3O2S/c1-7(3-4-16)5-13-10(17)9-8(12)6-14-11(15-9)18-2/h6-7,16H,3-5H2,1-2H3,(H,13,17). The van der Waals surface area contributed by atoms with Gasteiger partial charge in [-0.25, -0.2) is 9.97 Å². The predicted molar refractivity (Wildman–Crippen MR) is 72.0 cm³/mol. The van der Waals surface area contributed by atoms with E-state index in [1.165, 1.54) is 18.0 Å². The molecule has 0 aliphatic rings. The van der Waals surface area contributed by atoms with E-state index in [0.717, 1.165) is 0 Å². The summed E-state index contributed by atoms with van der Waals surface area (Å²) >= 11 is 7.24. The molecular formula is C11H16ClN3O2S. The number of hydrogen-bond donors (Lipinski definition) is 2. The summed E-state index contributed by atoms with van der Waals surface area (Å²) in [7, 11) is 0. The smallest absolute Gasteiger partial charge is 0.271 e. The second kappa shape index (κ2) is 7.56. The number of aliphatic hydroxyl groups is 1. The van der Waals surface area contributed by atoms with Gasteiger partial charge in [0.15, 0.2) is 10.9 Å². The van der Waals surface area contributed by atoms with E-state index >= 15 is 0 Å². The van der Waals surface area contributed by atoms with Crippen molar-refractivity contribution in [2.75, 3.05) is 19.4 Å². The molecule has 0 aliphatic carbocycles. The van der Waals surface area contributed by atoms with Crippen LogP contribution in [0.3, 0.4) is 0 Å². The Kier molecular flexibility index (Phi) is 6.38. The van der Waals surface area contributed by atoms with E-state index in [-0.39, 0.29) is 29.1 Å². The van der Waals surface area contributed by atoms with Gasteiger partial charge < -0.3 is 10.4 Å². The number of nitrogens with zero attached hydrogens (tertiary/aromatic N) is 2. The molecule has 1 heterocycles. The summed E-state index contributed by atoms with van der Waals surface area (Å²) in [6.07, 6.45) is 3.90. The number of nitrogens with one attached hydrogen (secondary N) is 1. The molecular weight excluding hydrogens is 274 g/mol. The highest BCUT2D eigenvalue weighted by Crippen LogP contribution is 2.16. The van der Waals surface area contributed by atoms with Gasteiger partial charge in [0.2, 0.25) is 0 Å². The Bertz CT molecular complexity index is 417. The molecule has 1 amide bonds. The lowest BCUT2D eigenvalue weighted by atomic mass is 10.1. The maximum absolute atomic E-state index is 11.9. The molecule has 1 unspecified atom stereocenters. The van der Waals surface area contributed by atoms with Crippen LogP contribution in [-0.4, -0.2) is 40.4 Å². The van der Waals surface area contributed by atoms with Crippen molar-refractivity contribution in [1.82, 2.24) is 15.3 Å². The molecule has 1 rings (SSSR count). The SMILES string of the molecule is CSc1ncc(Cl)c(C(=O)NCC(C)CCO)n1. The molecule has 0 saturated heterocycles. The summed E-state index contributed by atoms with van der Waals surface area (Å²) in [5, 5.41) is 12.3. The Hall–Kier alpha value is -0.850. The number of aromatic nitrogens is 2. The van der Waals surface area contributed by atoms with E-state index < -0.39 is 0 Å². The van der Waals surface area contributed by atoms with Crippen LogP contribution in [0, 0.1) is 5.92 Å². The van der Waals surface area contributed by atoms with Gasteiger partial charge in [0.05, 0.1) is 11.2 Å². The van der Waals surface area contributed by atoms with Gasteiger partial charge in [0.1, 0.15) is 0 Å². The molecule has 0 radical (unpaired) electrons. The van der Waals surface area contributed by atoms with Crippen molar-refractivity contribution in [3.8, 4) is 0 Å². The first-order valence-electron chi connectivity index (χ1n) is 5.54. The summed E-state index contributed by atoms with van der Waals surface area (Å²) in [4.78, 5) is 19.9. The Labute approximate surface area is 115 Å². The molecule has 18 heavy (non-hydrogen) atoms. The van der Waals surface area contributed by atoms with Crippen LogP contribution in [0.2, 0.25) is 5.02 Å². The highest BCUT2D eigenvalue weighted by Gasteiger charge is 2.14. The van der Waals surface area contributed by atoms with E-state index in [1.807, 2.05) is 13.2 Å². The number of amides is 1. The van der Waals surface area contributed by atoms with Gasteiger partial charge in [-0.15, -0.1) is 0 Å². The highest BCUT2D eigenvalue weighted by molar-refractivity contribution is 7.98. The van der Waals surface area contributed by atoms with Gasteiger partial charge >= 0.3 is 0 Å². The lowest BCUT2D eigenvalue weighted by molar-refractivity contribution is 0.0939. The number of rotatable bonds is 6. The number of halogens is 1. The van der Waals surface area contributed by atoms with E-state index in [4.69, 9.17) is 16.7 Å². The molecule has 0 saturated carbocycles. The molecule has 0 bridgehead atoms. The Morgan fingerprint density at radius 2 is 2.39 bits per heavy atom. The third-order valence-corrected chi connectivity index (χ3v) is 3.19. The quantitative estimate of drug-likeness (QED) is 0.614. The number of aliphatic hydroxyl groups excluding tert-OH is 1. The van der Waals surface area contributed by atoms with Crippen molar-refractivity contribution in [1.29, 1.82) is 0 Å². The fourth-order valence-corrected chi connectivity index (χ4v) is 1.80. The molecule has 1 atom stereocenters. The maximum atomic E-state index is 11.9. The van der Waals surface area contributed by atoms with Crippen molar-refractivity contribution in [3.63, 3.8) is 0 Å². The van der Waals surface area contributed by atoms with Crippen LogP contribution in [-0.2, 0) is 0 Å². The van der Waals surface area contributed by atoms with Crippen molar-refractivity contribution in [2.45, 2.75) is 18.5 Å². The van der Waals surface area contributed by atoms with Crippen molar-refractivity contribution >= 4 is 29.3 Å². The van der Waals surface area contributed by atoms with Crippen molar-refractivity contribution < 1.29 is 9.90 Å². The summed E-state index contributed by atoms with van der Waals surface area (Å²) in [6, 6.07) is 0. The first kappa shape index (κ1) is 15.2. The zero-order valence-corrected chi connectivity index (χ0v) is 11.9. The molecule has 5 nitrogen and oxygen atoms in total. The average molecular weight is 290 g/mol. The van der Waals surface area contributed by atoms with Crippen molar-refractivity contribution in [2.24, 2.45) is 5.92 Å². The van der Waals surface area contributed by atoms with Crippen LogP contribution < -0.4 is 5.32 Å². The topological polar surface area (TPSA) is 75.1 Å². The fourth-order valence-electron chi connectivity index (χ4n) is 1.28. The molecule has 0 fully saturated rings. The van der Waals surface area contributed by atoms with Gasteiger partial charge in [-0.2, -0.15) is 0 Å². The number of carbonyl (C=O) groups is 1. The molecule has 100 valence electrons. The predicted octanol–water partition coefficient (Wildman–Crippen LogP) is 1.60. The summed E-state index contributed by atoms with van der Waals surface area (Å²) in [5.41, 5.74) is 0.187. The van der Waals surface area contributed by atoms with Gasteiger partial charge in [-0.3, -0.25) is 4.79 Å². The van der Waals surface area contributed by atoms with Gasteiger partial charge in [-0.1, -0.05) is 30.3 Å². The van der Waals surface area contributed by atoms with E-state index in [2.05, 4.69) is 15.3 Å². The largest absolute Gasteiger partial charge is 0.396 e. The van der Waals surface area contributed by atoms with Gasteiger partial charge in [0.25, 0.3) is 5.91 Å². The summed E-state index contributed by atoms with van der Waals surface area (Å²) in [5.74, 6) is -0.109. The molecule has 0 aliphatic heterocycles. The maximum Gasteiger partial charge on any atom is 0.271 e. The van der Waals surface area contributed by atoms with Crippen LogP contribution in [0.4, 0.5) is 0 Å². The molecule has 0 spiro atoms. The first-order valence-corrected chi connectivity index (χ1v) is 7.14. The number of thioether (sulfide) groups is 1. The highest BCUT2D eigenvalue weighted by atomic mass is 35.5.